The molecule has 1 aliphatic rings. The van der Waals surface area contributed by atoms with Crippen molar-refractivity contribution in [3.8, 4) is 5.75 Å². The third kappa shape index (κ3) is 7.31. The number of aliphatic hydroxyl groups excluding tert-OH is 1. The minimum atomic E-state index is -0.479. The first-order chi connectivity index (χ1) is 14.9. The van der Waals surface area contributed by atoms with Gasteiger partial charge in [-0.2, -0.15) is 0 Å². The van der Waals surface area contributed by atoms with Gasteiger partial charge in [-0.15, -0.1) is 0 Å². The molecule has 2 heterocycles. The largest absolute Gasteiger partial charge is 0.491 e. The Hall–Kier alpha value is -1.93. The Kier molecular flexibility index (Phi) is 8.90. The first-order valence-corrected chi connectivity index (χ1v) is 11.5. The second-order valence-corrected chi connectivity index (χ2v) is 8.80. The first kappa shape index (κ1) is 23.7. The van der Waals surface area contributed by atoms with Crippen LogP contribution in [-0.2, 0) is 20.1 Å². The zero-order valence-electron chi connectivity index (χ0n) is 19.6. The molecule has 3 rings (SSSR count). The summed E-state index contributed by atoms with van der Waals surface area (Å²) in [4.78, 5) is 11.6. The van der Waals surface area contributed by atoms with Crippen LogP contribution in [0.15, 0.2) is 36.7 Å². The van der Waals surface area contributed by atoms with E-state index in [4.69, 9.17) is 4.74 Å². The highest BCUT2D eigenvalue weighted by Crippen LogP contribution is 2.18. The minimum Gasteiger partial charge on any atom is -0.491 e. The van der Waals surface area contributed by atoms with E-state index in [0.29, 0.717) is 19.2 Å². The van der Waals surface area contributed by atoms with Crippen LogP contribution in [-0.4, -0.2) is 87.4 Å². The molecule has 1 aromatic heterocycles. The zero-order valence-corrected chi connectivity index (χ0v) is 19.6. The number of likely N-dealkylation sites (N-methyl/N-ethyl adjacent to an activating group) is 1. The summed E-state index contributed by atoms with van der Waals surface area (Å²) in [6.45, 7) is 14.5. The van der Waals surface area contributed by atoms with Gasteiger partial charge in [-0.1, -0.05) is 19.1 Å². The first-order valence-electron chi connectivity index (χ1n) is 11.5. The summed E-state index contributed by atoms with van der Waals surface area (Å²) in [6, 6.07) is 8.61. The van der Waals surface area contributed by atoms with E-state index in [1.807, 2.05) is 31.6 Å². The average Bonchev–Trinajstić information content (AvgIpc) is 3.17. The van der Waals surface area contributed by atoms with Gasteiger partial charge in [0, 0.05) is 64.8 Å². The van der Waals surface area contributed by atoms with Gasteiger partial charge in [-0.3, -0.25) is 9.80 Å². The molecule has 1 unspecified atom stereocenters. The monoisotopic (exact) mass is 429 g/mol. The van der Waals surface area contributed by atoms with Crippen LogP contribution in [0.4, 0.5) is 0 Å². The highest BCUT2D eigenvalue weighted by Gasteiger charge is 2.19. The van der Waals surface area contributed by atoms with Gasteiger partial charge in [-0.05, 0) is 38.1 Å². The number of rotatable bonds is 11. The number of piperazine rings is 1. The number of hydrogen-bond acceptors (Lipinski definition) is 6. The van der Waals surface area contributed by atoms with Crippen molar-refractivity contribution in [2.75, 3.05) is 45.9 Å². The molecule has 1 saturated heterocycles. The second kappa shape index (κ2) is 11.6. The van der Waals surface area contributed by atoms with Crippen molar-refractivity contribution in [1.29, 1.82) is 0 Å². The van der Waals surface area contributed by atoms with Crippen LogP contribution in [0.25, 0.3) is 0 Å². The van der Waals surface area contributed by atoms with Gasteiger partial charge in [0.25, 0.3) is 0 Å². The number of aliphatic hydroxyl groups is 1. The molecule has 0 saturated carbocycles. The lowest BCUT2D eigenvalue weighted by Gasteiger charge is -2.34. The van der Waals surface area contributed by atoms with E-state index in [1.165, 1.54) is 5.56 Å². The molecule has 1 fully saturated rings. The van der Waals surface area contributed by atoms with E-state index in [-0.39, 0.29) is 0 Å². The van der Waals surface area contributed by atoms with Crippen molar-refractivity contribution in [3.63, 3.8) is 0 Å². The van der Waals surface area contributed by atoms with Crippen LogP contribution in [0.1, 0.15) is 32.2 Å². The van der Waals surface area contributed by atoms with Gasteiger partial charge in [0.2, 0.25) is 0 Å². The third-order valence-corrected chi connectivity index (χ3v) is 6.10. The number of aryl methyl sites for hydroxylation is 1. The lowest BCUT2D eigenvalue weighted by molar-refractivity contribution is 0.0470. The minimum absolute atomic E-state index is 0.318. The van der Waals surface area contributed by atoms with Crippen molar-refractivity contribution in [2.24, 2.45) is 7.05 Å². The van der Waals surface area contributed by atoms with E-state index in [0.717, 1.165) is 57.4 Å². The maximum Gasteiger partial charge on any atom is 0.122 e. The lowest BCUT2D eigenvalue weighted by Crippen LogP contribution is -2.49. The van der Waals surface area contributed by atoms with Crippen LogP contribution < -0.4 is 4.74 Å². The van der Waals surface area contributed by atoms with Crippen LogP contribution in [0.3, 0.4) is 0 Å². The summed E-state index contributed by atoms with van der Waals surface area (Å²) in [5, 5.41) is 10.4. The number of ether oxygens (including phenoxy) is 1. The van der Waals surface area contributed by atoms with Crippen LogP contribution in [0.5, 0.6) is 5.75 Å². The normalized spacial score (nSPS) is 16.9. The van der Waals surface area contributed by atoms with Gasteiger partial charge in [0.1, 0.15) is 24.3 Å². The molecule has 0 aliphatic carbocycles. The van der Waals surface area contributed by atoms with Crippen molar-refractivity contribution in [1.82, 2.24) is 24.3 Å². The Morgan fingerprint density at radius 2 is 1.87 bits per heavy atom. The molecular formula is C24H39N5O2. The molecule has 1 aliphatic heterocycles. The molecular weight excluding hydrogens is 390 g/mol. The predicted octanol–water partition coefficient (Wildman–Crippen LogP) is 2.21. The van der Waals surface area contributed by atoms with Crippen molar-refractivity contribution >= 4 is 0 Å². The quantitative estimate of drug-likeness (QED) is 0.591. The number of benzene rings is 1. The maximum atomic E-state index is 10.4. The number of hydrogen-bond donors (Lipinski definition) is 1. The fourth-order valence-electron chi connectivity index (χ4n) is 3.95. The molecule has 0 radical (unpaired) electrons. The Morgan fingerprint density at radius 3 is 2.52 bits per heavy atom. The summed E-state index contributed by atoms with van der Waals surface area (Å²) in [5.74, 6) is 1.87. The van der Waals surface area contributed by atoms with Gasteiger partial charge in [0.05, 0.1) is 6.54 Å². The van der Waals surface area contributed by atoms with Crippen LogP contribution in [0, 0.1) is 0 Å². The topological polar surface area (TPSA) is 57.0 Å². The molecule has 0 bridgehead atoms. The van der Waals surface area contributed by atoms with Crippen molar-refractivity contribution < 1.29 is 9.84 Å². The molecule has 1 aromatic carbocycles. The van der Waals surface area contributed by atoms with Crippen molar-refractivity contribution in [2.45, 2.75) is 46.0 Å². The highest BCUT2D eigenvalue weighted by molar-refractivity contribution is 5.28. The molecule has 2 aromatic rings. The van der Waals surface area contributed by atoms with Gasteiger partial charge in [-0.25, -0.2) is 4.98 Å². The summed E-state index contributed by atoms with van der Waals surface area (Å²) in [7, 11) is 2.03. The van der Waals surface area contributed by atoms with E-state index >= 15 is 0 Å². The maximum absolute atomic E-state index is 10.4. The van der Waals surface area contributed by atoms with E-state index < -0.39 is 6.10 Å². The summed E-state index contributed by atoms with van der Waals surface area (Å²) >= 11 is 0. The van der Waals surface area contributed by atoms with Gasteiger partial charge in [0.15, 0.2) is 0 Å². The van der Waals surface area contributed by atoms with Crippen LogP contribution >= 0.6 is 0 Å². The average molecular weight is 430 g/mol. The van der Waals surface area contributed by atoms with Crippen molar-refractivity contribution in [3.05, 3.63) is 48.0 Å². The zero-order chi connectivity index (χ0) is 22.2. The lowest BCUT2D eigenvalue weighted by atomic mass is 10.1. The molecule has 1 N–H and O–H groups in total. The SMILES string of the molecule is CCN1CCN(CC(O)COc2cccc(CN(Cc3nccn3C)C(C)C)c2)CC1. The Bertz CT molecular complexity index is 786. The van der Waals surface area contributed by atoms with E-state index in [2.05, 4.69) is 57.2 Å². The van der Waals surface area contributed by atoms with Gasteiger partial charge >= 0.3 is 0 Å². The fraction of sp³-hybridized carbons (Fsp3) is 0.625. The number of imidazole rings is 1. The molecule has 31 heavy (non-hydrogen) atoms. The van der Waals surface area contributed by atoms with E-state index in [1.54, 1.807) is 0 Å². The number of β-amino-alcohol motifs (C(OH)–C–C–N with tert-alkyl or cyclic N) is 1. The molecule has 1 atom stereocenters. The standard InChI is InChI=1S/C24H39N5O2/c1-5-27-11-13-28(14-12-27)17-22(30)19-31-23-8-6-7-21(15-23)16-29(20(2)3)18-24-25-9-10-26(24)4/h6-10,15,20,22,30H,5,11-14,16-19H2,1-4H3. The summed E-state index contributed by atoms with van der Waals surface area (Å²) in [6.07, 6.45) is 3.35. The number of nitrogens with zero attached hydrogens (tertiary/aromatic N) is 5. The smallest absolute Gasteiger partial charge is 0.122 e. The van der Waals surface area contributed by atoms with Crippen LogP contribution in [0.2, 0.25) is 0 Å². The molecule has 7 nitrogen and oxygen atoms in total. The summed E-state index contributed by atoms with van der Waals surface area (Å²) in [5.41, 5.74) is 1.20. The predicted molar refractivity (Wildman–Crippen MR) is 124 cm³/mol. The number of aromatic nitrogens is 2. The second-order valence-electron chi connectivity index (χ2n) is 8.80. The Labute approximate surface area is 187 Å². The van der Waals surface area contributed by atoms with E-state index in [9.17, 15) is 5.11 Å². The molecule has 172 valence electrons. The molecule has 0 spiro atoms. The highest BCUT2D eigenvalue weighted by atomic mass is 16.5. The Morgan fingerprint density at radius 1 is 1.13 bits per heavy atom. The summed E-state index contributed by atoms with van der Waals surface area (Å²) < 4.78 is 8.01. The third-order valence-electron chi connectivity index (χ3n) is 6.10. The molecule has 7 heteroatoms. The fourth-order valence-corrected chi connectivity index (χ4v) is 3.95. The van der Waals surface area contributed by atoms with Gasteiger partial charge < -0.3 is 19.3 Å². The Balaban J connectivity index is 1.49. The molecule has 0 amide bonds.